The summed E-state index contributed by atoms with van der Waals surface area (Å²) in [6.45, 7) is 2.25. The first kappa shape index (κ1) is 25.0. The second-order valence-electron chi connectivity index (χ2n) is 7.13. The average Bonchev–Trinajstić information content (AvgIpc) is 2.70. The van der Waals surface area contributed by atoms with Crippen molar-refractivity contribution >= 4 is 23.2 Å². The van der Waals surface area contributed by atoms with Gasteiger partial charge in [-0.3, -0.25) is 9.59 Å². The van der Waals surface area contributed by atoms with Crippen molar-refractivity contribution in [1.29, 1.82) is 0 Å². The van der Waals surface area contributed by atoms with Crippen molar-refractivity contribution in [2.45, 2.75) is 25.7 Å². The van der Waals surface area contributed by atoms with Gasteiger partial charge in [0.05, 0.1) is 16.7 Å². The van der Waals surface area contributed by atoms with Crippen molar-refractivity contribution in [1.82, 2.24) is 5.32 Å². The van der Waals surface area contributed by atoms with E-state index in [2.05, 4.69) is 10.6 Å². The van der Waals surface area contributed by atoms with Crippen molar-refractivity contribution < 1.29 is 35.9 Å². The van der Waals surface area contributed by atoms with E-state index in [1.807, 2.05) is 6.92 Å². The number of anilines is 2. The van der Waals surface area contributed by atoms with Gasteiger partial charge in [-0.25, -0.2) is 0 Å². The number of hydrogen-bond donors (Lipinski definition) is 2. The number of carbonyl (C=O) groups is 2. The molecule has 2 rings (SSSR count). The third-order valence-corrected chi connectivity index (χ3v) is 4.37. The van der Waals surface area contributed by atoms with Crippen LogP contribution in [-0.4, -0.2) is 32.5 Å². The van der Waals surface area contributed by atoms with E-state index in [1.165, 1.54) is 18.2 Å². The van der Waals surface area contributed by atoms with E-state index in [1.54, 1.807) is 19.0 Å². The van der Waals surface area contributed by atoms with Gasteiger partial charge in [0.15, 0.2) is 0 Å². The largest absolute Gasteiger partial charge is 0.416 e. The van der Waals surface area contributed by atoms with Crippen LogP contribution in [0, 0.1) is 0 Å². The molecule has 0 aliphatic rings. The molecular weight excluding hydrogens is 440 g/mol. The lowest BCUT2D eigenvalue weighted by Crippen LogP contribution is -2.26. The van der Waals surface area contributed by atoms with Gasteiger partial charge in [0.2, 0.25) is 0 Å². The summed E-state index contributed by atoms with van der Waals surface area (Å²) in [5.41, 5.74) is -3.29. The van der Waals surface area contributed by atoms with E-state index in [0.717, 1.165) is 0 Å². The quantitative estimate of drug-likeness (QED) is 0.583. The number of carbonyl (C=O) groups excluding carboxylic acids is 2. The number of halogens is 6. The molecule has 0 saturated heterocycles. The number of rotatable bonds is 6. The van der Waals surface area contributed by atoms with Crippen LogP contribution in [0.2, 0.25) is 0 Å². The monoisotopic (exact) mass is 461 g/mol. The number of amides is 2. The topological polar surface area (TPSA) is 61.4 Å². The summed E-state index contributed by atoms with van der Waals surface area (Å²) in [6, 6.07) is 4.82. The molecule has 0 heterocycles. The highest BCUT2D eigenvalue weighted by Crippen LogP contribution is 2.36. The van der Waals surface area contributed by atoms with Gasteiger partial charge in [0.1, 0.15) is 0 Å². The Labute approximate surface area is 180 Å². The van der Waals surface area contributed by atoms with Crippen molar-refractivity contribution in [3.8, 4) is 0 Å². The number of nitrogens with zero attached hydrogens (tertiary/aromatic N) is 1. The molecule has 0 bridgehead atoms. The van der Waals surface area contributed by atoms with Crippen LogP contribution in [0.4, 0.5) is 37.7 Å². The van der Waals surface area contributed by atoms with Gasteiger partial charge in [-0.15, -0.1) is 0 Å². The van der Waals surface area contributed by atoms with Crippen LogP contribution in [-0.2, 0) is 12.4 Å². The molecule has 0 aliphatic heterocycles. The molecule has 174 valence electrons. The lowest BCUT2D eigenvalue weighted by molar-refractivity contribution is -0.143. The third kappa shape index (κ3) is 6.14. The SMILES string of the molecule is CCCNC(=O)c1cc(NC(=O)c2cc(C(F)(F)F)cc(C(F)(F)F)c2)ccc1N(C)C. The molecule has 0 fully saturated rings. The maximum Gasteiger partial charge on any atom is 0.416 e. The second-order valence-corrected chi connectivity index (χ2v) is 7.13. The molecule has 0 saturated carbocycles. The van der Waals surface area contributed by atoms with Gasteiger partial charge in [0.25, 0.3) is 11.8 Å². The Morgan fingerprint density at radius 3 is 1.91 bits per heavy atom. The summed E-state index contributed by atoms with van der Waals surface area (Å²) in [6.07, 6.45) is -9.47. The molecule has 2 aromatic carbocycles. The van der Waals surface area contributed by atoms with E-state index in [4.69, 9.17) is 0 Å². The highest BCUT2D eigenvalue weighted by atomic mass is 19.4. The summed E-state index contributed by atoms with van der Waals surface area (Å²) < 4.78 is 78.3. The number of nitrogens with one attached hydrogen (secondary N) is 2. The predicted octanol–water partition coefficient (Wildman–Crippen LogP) is 5.18. The zero-order valence-corrected chi connectivity index (χ0v) is 17.4. The zero-order chi connectivity index (χ0) is 24.3. The summed E-state index contributed by atoms with van der Waals surface area (Å²) in [5, 5.41) is 4.94. The zero-order valence-electron chi connectivity index (χ0n) is 17.4. The molecule has 2 aromatic rings. The van der Waals surface area contributed by atoms with Crippen LogP contribution in [0.25, 0.3) is 0 Å². The Kier molecular flexibility index (Phi) is 7.42. The minimum Gasteiger partial charge on any atom is -0.377 e. The molecular formula is C21H21F6N3O2. The van der Waals surface area contributed by atoms with Gasteiger partial charge in [-0.2, -0.15) is 26.3 Å². The van der Waals surface area contributed by atoms with E-state index in [-0.39, 0.29) is 17.3 Å². The molecule has 0 atom stereocenters. The minimum absolute atomic E-state index is 0.0354. The summed E-state index contributed by atoms with van der Waals surface area (Å²) in [5.74, 6) is -1.62. The fraction of sp³-hybridized carbons (Fsp3) is 0.333. The van der Waals surface area contributed by atoms with Gasteiger partial charge >= 0.3 is 12.4 Å². The summed E-state index contributed by atoms with van der Waals surface area (Å²) >= 11 is 0. The second kappa shape index (κ2) is 9.49. The summed E-state index contributed by atoms with van der Waals surface area (Å²) in [4.78, 5) is 26.6. The van der Waals surface area contributed by atoms with E-state index >= 15 is 0 Å². The van der Waals surface area contributed by atoms with Crippen LogP contribution in [0.15, 0.2) is 36.4 Å². The van der Waals surface area contributed by atoms with Gasteiger partial charge in [0, 0.05) is 37.6 Å². The molecule has 5 nitrogen and oxygen atoms in total. The van der Waals surface area contributed by atoms with Crippen LogP contribution in [0.1, 0.15) is 45.2 Å². The molecule has 2 amide bonds. The van der Waals surface area contributed by atoms with Crippen LogP contribution in [0.5, 0.6) is 0 Å². The number of benzene rings is 2. The first-order chi connectivity index (χ1) is 14.7. The summed E-state index contributed by atoms with van der Waals surface area (Å²) in [7, 11) is 3.37. The Morgan fingerprint density at radius 1 is 0.875 bits per heavy atom. The highest BCUT2D eigenvalue weighted by Gasteiger charge is 2.37. The Balaban J connectivity index is 2.43. The van der Waals surface area contributed by atoms with Crippen LogP contribution >= 0.6 is 0 Å². The lowest BCUT2D eigenvalue weighted by atomic mass is 10.0. The standard InChI is InChI=1S/C21H21F6N3O2/c1-4-7-28-19(32)16-11-15(5-6-17(16)30(2)3)29-18(31)12-8-13(20(22,23)24)10-14(9-12)21(25,26)27/h5-6,8-11H,4,7H2,1-3H3,(H,28,32)(H,29,31). The fourth-order valence-corrected chi connectivity index (χ4v) is 2.81. The predicted molar refractivity (Wildman–Crippen MR) is 108 cm³/mol. The lowest BCUT2D eigenvalue weighted by Gasteiger charge is -2.19. The van der Waals surface area contributed by atoms with Crippen molar-refractivity contribution in [2.75, 3.05) is 30.9 Å². The van der Waals surface area contributed by atoms with Gasteiger partial charge in [-0.05, 0) is 42.8 Å². The first-order valence-electron chi connectivity index (χ1n) is 9.44. The number of alkyl halides is 6. The molecule has 32 heavy (non-hydrogen) atoms. The molecule has 0 aliphatic carbocycles. The Hall–Kier alpha value is -3.24. The maximum absolute atomic E-state index is 13.0. The molecule has 0 aromatic heterocycles. The Bertz CT molecular complexity index is 968. The molecule has 2 N–H and O–H groups in total. The molecule has 0 radical (unpaired) electrons. The van der Waals surface area contributed by atoms with Crippen molar-refractivity contribution in [2.24, 2.45) is 0 Å². The molecule has 0 unspecified atom stereocenters. The normalized spacial score (nSPS) is 11.8. The van der Waals surface area contributed by atoms with Crippen molar-refractivity contribution in [3.05, 3.63) is 58.7 Å². The van der Waals surface area contributed by atoms with Gasteiger partial charge in [-0.1, -0.05) is 6.92 Å². The Morgan fingerprint density at radius 2 is 1.44 bits per heavy atom. The maximum atomic E-state index is 13.0. The molecule has 11 heteroatoms. The third-order valence-electron chi connectivity index (χ3n) is 4.37. The van der Waals surface area contributed by atoms with Crippen LogP contribution in [0.3, 0.4) is 0 Å². The minimum atomic E-state index is -5.08. The van der Waals surface area contributed by atoms with Crippen molar-refractivity contribution in [3.63, 3.8) is 0 Å². The van der Waals surface area contributed by atoms with E-state index in [0.29, 0.717) is 30.8 Å². The average molecular weight is 461 g/mol. The van der Waals surface area contributed by atoms with Crippen LogP contribution < -0.4 is 15.5 Å². The highest BCUT2D eigenvalue weighted by molar-refractivity contribution is 6.06. The smallest absolute Gasteiger partial charge is 0.377 e. The van der Waals surface area contributed by atoms with E-state index in [9.17, 15) is 35.9 Å². The fourth-order valence-electron chi connectivity index (χ4n) is 2.81. The number of hydrogen-bond acceptors (Lipinski definition) is 3. The van der Waals surface area contributed by atoms with Gasteiger partial charge < -0.3 is 15.5 Å². The van der Waals surface area contributed by atoms with E-state index < -0.39 is 40.9 Å². The first-order valence-corrected chi connectivity index (χ1v) is 9.44. The molecule has 0 spiro atoms.